The first-order valence-corrected chi connectivity index (χ1v) is 11.5. The maximum atomic E-state index is 13.1. The average molecular weight is 433 g/mol. The molecule has 8 heteroatoms. The van der Waals surface area contributed by atoms with Gasteiger partial charge in [0.2, 0.25) is 5.91 Å². The molecule has 8 nitrogen and oxygen atoms in total. The molecular weight excluding hydrogens is 396 g/mol. The Balaban J connectivity index is 1.52. The predicted molar refractivity (Wildman–Crippen MR) is 118 cm³/mol. The van der Waals surface area contributed by atoms with Crippen LogP contribution in [0.3, 0.4) is 0 Å². The van der Waals surface area contributed by atoms with E-state index < -0.39 is 5.97 Å². The van der Waals surface area contributed by atoms with E-state index in [1.165, 1.54) is 39.5 Å². The van der Waals surface area contributed by atoms with E-state index in [0.29, 0.717) is 42.1 Å². The molecule has 0 saturated carbocycles. The fraction of sp³-hybridized carbons (Fsp3) is 0.696. The topological polar surface area (TPSA) is 94.7 Å². The first-order chi connectivity index (χ1) is 14.9. The largest absolute Gasteiger partial charge is 0.465 e. The zero-order chi connectivity index (χ0) is 22.4. The first kappa shape index (κ1) is 23.3. The summed E-state index contributed by atoms with van der Waals surface area (Å²) in [6, 6.07) is 0. The van der Waals surface area contributed by atoms with Crippen molar-refractivity contribution >= 4 is 17.8 Å². The molecule has 3 heterocycles. The molecular formula is C23H36N4O4. The van der Waals surface area contributed by atoms with Crippen molar-refractivity contribution in [2.45, 2.75) is 52.4 Å². The molecule has 1 aromatic rings. The number of amides is 2. The third kappa shape index (κ3) is 5.67. The van der Waals surface area contributed by atoms with E-state index in [2.05, 4.69) is 15.2 Å². The number of carbonyl (C=O) groups excluding carboxylic acids is 3. The summed E-state index contributed by atoms with van der Waals surface area (Å²) in [5, 5.41) is 3.07. The highest BCUT2D eigenvalue weighted by molar-refractivity contribution is 6.00. The highest BCUT2D eigenvalue weighted by atomic mass is 16.5. The molecule has 2 saturated heterocycles. The maximum Gasteiger partial charge on any atom is 0.339 e. The van der Waals surface area contributed by atoms with Gasteiger partial charge in [-0.05, 0) is 71.1 Å². The molecule has 2 fully saturated rings. The number of ether oxygens (including phenoxy) is 1. The van der Waals surface area contributed by atoms with Crippen LogP contribution in [0.5, 0.6) is 0 Å². The summed E-state index contributed by atoms with van der Waals surface area (Å²) in [6.07, 6.45) is 6.42. The SMILES string of the molecule is COC(=O)c1c(C)[nH]c(C(=O)N2CCC[C@@H](C(=O)NCCCN3CCCCC3)C2)c1C. The maximum absolute atomic E-state index is 13.1. The summed E-state index contributed by atoms with van der Waals surface area (Å²) in [4.78, 5) is 45.0. The average Bonchev–Trinajstić information content (AvgIpc) is 3.10. The number of likely N-dealkylation sites (tertiary alicyclic amines) is 2. The number of aromatic nitrogens is 1. The Hall–Kier alpha value is -2.35. The van der Waals surface area contributed by atoms with E-state index in [1.54, 1.807) is 18.7 Å². The van der Waals surface area contributed by atoms with E-state index in [-0.39, 0.29) is 17.7 Å². The number of rotatable bonds is 7. The van der Waals surface area contributed by atoms with Crippen LogP contribution in [0, 0.1) is 19.8 Å². The van der Waals surface area contributed by atoms with Crippen LogP contribution in [0.15, 0.2) is 0 Å². The van der Waals surface area contributed by atoms with Crippen molar-refractivity contribution in [2.75, 3.05) is 46.4 Å². The fourth-order valence-corrected chi connectivity index (χ4v) is 4.75. The molecule has 0 bridgehead atoms. The van der Waals surface area contributed by atoms with Crippen molar-refractivity contribution < 1.29 is 19.1 Å². The summed E-state index contributed by atoms with van der Waals surface area (Å²) in [5.41, 5.74) is 2.03. The number of carbonyl (C=O) groups is 3. The summed E-state index contributed by atoms with van der Waals surface area (Å²) in [6.45, 7) is 8.57. The number of aromatic amines is 1. The smallest absolute Gasteiger partial charge is 0.339 e. The Kier molecular flexibility index (Phi) is 8.12. The van der Waals surface area contributed by atoms with Gasteiger partial charge in [-0.1, -0.05) is 6.42 Å². The Morgan fingerprint density at radius 1 is 1.10 bits per heavy atom. The fourth-order valence-electron chi connectivity index (χ4n) is 4.75. The third-order valence-electron chi connectivity index (χ3n) is 6.52. The highest BCUT2D eigenvalue weighted by Gasteiger charge is 2.31. The third-order valence-corrected chi connectivity index (χ3v) is 6.52. The van der Waals surface area contributed by atoms with Crippen LogP contribution in [-0.2, 0) is 9.53 Å². The van der Waals surface area contributed by atoms with Gasteiger partial charge in [-0.3, -0.25) is 9.59 Å². The second-order valence-corrected chi connectivity index (χ2v) is 8.75. The molecule has 1 atom stereocenters. The number of nitrogens with one attached hydrogen (secondary N) is 2. The van der Waals surface area contributed by atoms with E-state index in [9.17, 15) is 14.4 Å². The molecule has 0 spiro atoms. The van der Waals surface area contributed by atoms with Crippen molar-refractivity contribution in [3.63, 3.8) is 0 Å². The minimum absolute atomic E-state index is 0.0331. The van der Waals surface area contributed by atoms with Crippen LogP contribution in [0.25, 0.3) is 0 Å². The van der Waals surface area contributed by atoms with E-state index >= 15 is 0 Å². The van der Waals surface area contributed by atoms with E-state index in [4.69, 9.17) is 4.74 Å². The molecule has 2 aliphatic rings. The number of esters is 1. The van der Waals surface area contributed by atoms with Gasteiger partial charge in [0.05, 0.1) is 18.6 Å². The number of aryl methyl sites for hydroxylation is 1. The Bertz CT molecular complexity index is 798. The summed E-state index contributed by atoms with van der Waals surface area (Å²) in [5.74, 6) is -0.779. The van der Waals surface area contributed by atoms with Crippen LogP contribution < -0.4 is 5.32 Å². The lowest BCUT2D eigenvalue weighted by Crippen LogP contribution is -2.46. The van der Waals surface area contributed by atoms with Crippen LogP contribution >= 0.6 is 0 Å². The molecule has 0 aliphatic carbocycles. The second-order valence-electron chi connectivity index (χ2n) is 8.75. The molecule has 172 valence electrons. The molecule has 3 rings (SSSR count). The Morgan fingerprint density at radius 2 is 1.84 bits per heavy atom. The van der Waals surface area contributed by atoms with Crippen molar-refractivity contribution in [1.82, 2.24) is 20.1 Å². The minimum Gasteiger partial charge on any atom is -0.465 e. The molecule has 0 aromatic carbocycles. The zero-order valence-corrected chi connectivity index (χ0v) is 19.1. The van der Waals surface area contributed by atoms with Crippen LogP contribution in [0.1, 0.15) is 70.6 Å². The molecule has 1 aromatic heterocycles. The monoisotopic (exact) mass is 432 g/mol. The van der Waals surface area contributed by atoms with E-state index in [1.807, 2.05) is 0 Å². The molecule has 2 N–H and O–H groups in total. The van der Waals surface area contributed by atoms with Gasteiger partial charge >= 0.3 is 5.97 Å². The number of methoxy groups -OCH3 is 1. The predicted octanol–water partition coefficient (Wildman–Crippen LogP) is 2.26. The van der Waals surface area contributed by atoms with Gasteiger partial charge in [-0.25, -0.2) is 4.79 Å². The van der Waals surface area contributed by atoms with Gasteiger partial charge in [-0.15, -0.1) is 0 Å². The van der Waals surface area contributed by atoms with Gasteiger partial charge in [-0.2, -0.15) is 0 Å². The van der Waals surface area contributed by atoms with Crippen LogP contribution in [-0.4, -0.2) is 78.9 Å². The van der Waals surface area contributed by atoms with Crippen LogP contribution in [0.4, 0.5) is 0 Å². The van der Waals surface area contributed by atoms with Crippen molar-refractivity contribution in [1.29, 1.82) is 0 Å². The van der Waals surface area contributed by atoms with E-state index in [0.717, 1.165) is 25.8 Å². The number of nitrogens with zero attached hydrogens (tertiary/aromatic N) is 2. The first-order valence-electron chi connectivity index (χ1n) is 11.5. The standard InChI is InChI=1S/C23H36N4O4/c1-16-19(23(30)31-3)17(2)25-20(16)22(29)27-14-7-9-18(15-27)21(28)24-10-8-13-26-11-5-4-6-12-26/h18,25H,4-15H2,1-3H3,(H,24,28)/t18-/m1/s1. The number of H-pyrrole nitrogens is 1. The normalized spacial score (nSPS) is 19.8. The summed E-state index contributed by atoms with van der Waals surface area (Å²) in [7, 11) is 1.33. The second kappa shape index (κ2) is 10.8. The number of piperidine rings is 2. The lowest BCUT2D eigenvalue weighted by atomic mass is 9.96. The van der Waals surface area contributed by atoms with Crippen LogP contribution in [0.2, 0.25) is 0 Å². The van der Waals surface area contributed by atoms with Gasteiger partial charge in [0.1, 0.15) is 5.69 Å². The Morgan fingerprint density at radius 3 is 2.55 bits per heavy atom. The lowest BCUT2D eigenvalue weighted by molar-refractivity contribution is -0.126. The quantitative estimate of drug-likeness (QED) is 0.509. The van der Waals surface area contributed by atoms with Crippen molar-refractivity contribution in [3.05, 3.63) is 22.5 Å². The van der Waals surface area contributed by atoms with Gasteiger partial charge < -0.3 is 24.8 Å². The number of hydrogen-bond acceptors (Lipinski definition) is 5. The summed E-state index contributed by atoms with van der Waals surface area (Å²) < 4.78 is 4.83. The molecule has 0 unspecified atom stereocenters. The molecule has 2 amide bonds. The number of hydrogen-bond donors (Lipinski definition) is 2. The molecule has 2 aliphatic heterocycles. The zero-order valence-electron chi connectivity index (χ0n) is 19.1. The van der Waals surface area contributed by atoms with Gasteiger partial charge in [0, 0.05) is 25.3 Å². The lowest BCUT2D eigenvalue weighted by Gasteiger charge is -2.32. The minimum atomic E-state index is -0.453. The highest BCUT2D eigenvalue weighted by Crippen LogP contribution is 2.23. The summed E-state index contributed by atoms with van der Waals surface area (Å²) >= 11 is 0. The van der Waals surface area contributed by atoms with Gasteiger partial charge in [0.25, 0.3) is 5.91 Å². The molecule has 31 heavy (non-hydrogen) atoms. The van der Waals surface area contributed by atoms with Gasteiger partial charge in [0.15, 0.2) is 0 Å². The molecule has 0 radical (unpaired) electrons. The van der Waals surface area contributed by atoms with Crippen molar-refractivity contribution in [3.8, 4) is 0 Å². The van der Waals surface area contributed by atoms with Crippen molar-refractivity contribution in [2.24, 2.45) is 5.92 Å². The Labute approximate surface area is 184 Å².